The van der Waals surface area contributed by atoms with Crippen LogP contribution in [0.3, 0.4) is 0 Å². The Morgan fingerprint density at radius 2 is 2.16 bits per heavy atom. The van der Waals surface area contributed by atoms with Crippen LogP contribution in [0.15, 0.2) is 24.3 Å². The van der Waals surface area contributed by atoms with Gasteiger partial charge in [-0.3, -0.25) is 10.1 Å². The first kappa shape index (κ1) is 19.3. The summed E-state index contributed by atoms with van der Waals surface area (Å²) in [5, 5.41) is 15.1. The van der Waals surface area contributed by atoms with Crippen molar-refractivity contribution >= 4 is 39.7 Å². The highest BCUT2D eigenvalue weighted by Crippen LogP contribution is 2.16. The first-order valence-corrected chi connectivity index (χ1v) is 9.38. The van der Waals surface area contributed by atoms with Crippen molar-refractivity contribution in [2.75, 3.05) is 11.9 Å². The van der Waals surface area contributed by atoms with E-state index in [0.717, 1.165) is 17.8 Å². The second kappa shape index (κ2) is 9.43. The van der Waals surface area contributed by atoms with E-state index < -0.39 is 0 Å². The monoisotopic (exact) mass is 378 g/mol. The Hall–Kier alpha value is -2.06. The van der Waals surface area contributed by atoms with Crippen LogP contribution in [0.25, 0.3) is 0 Å². The molecule has 1 amide bonds. The van der Waals surface area contributed by atoms with Crippen LogP contribution in [0.4, 0.5) is 5.13 Å². The maximum Gasteiger partial charge on any atom is 0.257 e. The number of carbonyl (C=O) groups is 1. The number of amides is 1. The number of anilines is 1. The van der Waals surface area contributed by atoms with Crippen molar-refractivity contribution in [3.05, 3.63) is 34.8 Å². The van der Waals surface area contributed by atoms with Crippen LogP contribution in [0.5, 0.6) is 5.75 Å². The van der Waals surface area contributed by atoms with Gasteiger partial charge in [0, 0.05) is 5.56 Å². The van der Waals surface area contributed by atoms with Crippen LogP contribution < -0.4 is 15.4 Å². The summed E-state index contributed by atoms with van der Waals surface area (Å²) < 4.78 is 5.68. The van der Waals surface area contributed by atoms with E-state index in [-0.39, 0.29) is 11.0 Å². The molecule has 1 aromatic heterocycles. The van der Waals surface area contributed by atoms with E-state index in [2.05, 4.69) is 34.7 Å². The third kappa shape index (κ3) is 6.39. The fourth-order valence-corrected chi connectivity index (χ4v) is 2.83. The zero-order valence-corrected chi connectivity index (χ0v) is 16.2. The average molecular weight is 379 g/mol. The van der Waals surface area contributed by atoms with Crippen molar-refractivity contribution in [2.45, 2.75) is 33.6 Å². The molecule has 0 saturated heterocycles. The van der Waals surface area contributed by atoms with Crippen LogP contribution in [-0.2, 0) is 6.42 Å². The van der Waals surface area contributed by atoms with Gasteiger partial charge in [-0.1, -0.05) is 38.2 Å². The Morgan fingerprint density at radius 1 is 1.36 bits per heavy atom. The molecule has 0 unspecified atom stereocenters. The number of aryl methyl sites for hydroxylation is 1. The Morgan fingerprint density at radius 3 is 2.84 bits per heavy atom. The maximum absolute atomic E-state index is 12.3. The Bertz CT molecular complexity index is 731. The maximum atomic E-state index is 12.3. The standard InChI is InChI=1S/C17H22N4O2S2/c1-4-14-20-21-17(25-14)19-16(24)18-15(22)12-6-5-7-13(10-12)23-9-8-11(2)3/h5-7,10-11H,4,8-9H2,1-3H3,(H2,18,19,21,22,24). The lowest BCUT2D eigenvalue weighted by Crippen LogP contribution is -2.34. The predicted molar refractivity (Wildman–Crippen MR) is 104 cm³/mol. The molecule has 0 aliphatic heterocycles. The van der Waals surface area contributed by atoms with Gasteiger partial charge in [0.05, 0.1) is 6.61 Å². The summed E-state index contributed by atoms with van der Waals surface area (Å²) in [6.07, 6.45) is 1.77. The molecule has 0 fully saturated rings. The second-order valence-electron chi connectivity index (χ2n) is 5.82. The number of carbonyl (C=O) groups excluding carboxylic acids is 1. The van der Waals surface area contributed by atoms with Gasteiger partial charge in [-0.05, 0) is 49.2 Å². The number of rotatable bonds is 7. The van der Waals surface area contributed by atoms with Crippen molar-refractivity contribution in [3.63, 3.8) is 0 Å². The summed E-state index contributed by atoms with van der Waals surface area (Å²) in [6.45, 7) is 6.91. The Balaban J connectivity index is 1.90. The van der Waals surface area contributed by atoms with E-state index in [4.69, 9.17) is 17.0 Å². The third-order valence-corrected chi connectivity index (χ3v) is 4.46. The number of benzene rings is 1. The summed E-state index contributed by atoms with van der Waals surface area (Å²) in [5.74, 6) is 0.944. The molecule has 6 nitrogen and oxygen atoms in total. The van der Waals surface area contributed by atoms with E-state index in [1.54, 1.807) is 18.2 Å². The smallest absolute Gasteiger partial charge is 0.257 e. The van der Waals surface area contributed by atoms with Crippen molar-refractivity contribution in [1.82, 2.24) is 15.5 Å². The molecule has 25 heavy (non-hydrogen) atoms. The van der Waals surface area contributed by atoms with Gasteiger partial charge in [0.1, 0.15) is 10.8 Å². The molecular formula is C17H22N4O2S2. The number of aromatic nitrogens is 2. The van der Waals surface area contributed by atoms with Gasteiger partial charge < -0.3 is 10.1 Å². The quantitative estimate of drug-likeness (QED) is 0.716. The second-order valence-corrected chi connectivity index (χ2v) is 7.29. The largest absolute Gasteiger partial charge is 0.494 e. The predicted octanol–water partition coefficient (Wildman–Crippen LogP) is 3.65. The first-order valence-electron chi connectivity index (χ1n) is 8.15. The number of thiocarbonyl (C=S) groups is 1. The third-order valence-electron chi connectivity index (χ3n) is 3.28. The molecule has 2 rings (SSSR count). The SMILES string of the molecule is CCc1nnc(NC(=S)NC(=O)c2cccc(OCCC(C)C)c2)s1. The van der Waals surface area contributed by atoms with Crippen LogP contribution in [0, 0.1) is 5.92 Å². The number of ether oxygens (including phenoxy) is 1. The van der Waals surface area contributed by atoms with Crippen molar-refractivity contribution < 1.29 is 9.53 Å². The van der Waals surface area contributed by atoms with Gasteiger partial charge >= 0.3 is 0 Å². The molecule has 2 N–H and O–H groups in total. The highest BCUT2D eigenvalue weighted by Gasteiger charge is 2.11. The number of hydrogen-bond acceptors (Lipinski definition) is 6. The van der Waals surface area contributed by atoms with Gasteiger partial charge in [-0.25, -0.2) is 0 Å². The normalized spacial score (nSPS) is 10.6. The number of nitrogens with zero attached hydrogens (tertiary/aromatic N) is 2. The molecule has 0 aliphatic rings. The molecule has 0 aliphatic carbocycles. The first-order chi connectivity index (χ1) is 12.0. The summed E-state index contributed by atoms with van der Waals surface area (Å²) >= 11 is 6.56. The number of nitrogens with one attached hydrogen (secondary N) is 2. The van der Waals surface area contributed by atoms with Crippen LogP contribution in [0.1, 0.15) is 42.6 Å². The molecule has 0 radical (unpaired) electrons. The molecule has 0 spiro atoms. The van der Waals surface area contributed by atoms with E-state index in [0.29, 0.717) is 29.0 Å². The zero-order chi connectivity index (χ0) is 18.2. The van der Waals surface area contributed by atoms with E-state index >= 15 is 0 Å². The minimum atomic E-state index is -0.299. The molecular weight excluding hydrogens is 356 g/mol. The summed E-state index contributed by atoms with van der Waals surface area (Å²) in [5.41, 5.74) is 0.484. The molecule has 1 aromatic carbocycles. The Kier molecular flexibility index (Phi) is 7.27. The highest BCUT2D eigenvalue weighted by molar-refractivity contribution is 7.80. The van der Waals surface area contributed by atoms with Crippen LogP contribution >= 0.6 is 23.6 Å². The van der Waals surface area contributed by atoms with E-state index in [1.165, 1.54) is 11.3 Å². The Labute approximate surface area is 157 Å². The van der Waals surface area contributed by atoms with Gasteiger partial charge in [0.25, 0.3) is 5.91 Å². The van der Waals surface area contributed by atoms with Gasteiger partial charge in [0.15, 0.2) is 5.11 Å². The minimum Gasteiger partial charge on any atom is -0.494 e. The molecule has 134 valence electrons. The van der Waals surface area contributed by atoms with E-state index in [9.17, 15) is 4.79 Å². The van der Waals surface area contributed by atoms with Gasteiger partial charge in [-0.2, -0.15) is 0 Å². The van der Waals surface area contributed by atoms with Crippen LogP contribution in [-0.4, -0.2) is 27.8 Å². The summed E-state index contributed by atoms with van der Waals surface area (Å²) in [4.78, 5) is 12.3. The van der Waals surface area contributed by atoms with Crippen molar-refractivity contribution in [3.8, 4) is 5.75 Å². The molecule has 1 heterocycles. The molecule has 2 aromatic rings. The highest BCUT2D eigenvalue weighted by atomic mass is 32.1. The lowest BCUT2D eigenvalue weighted by Gasteiger charge is -2.10. The lowest BCUT2D eigenvalue weighted by atomic mass is 10.1. The lowest BCUT2D eigenvalue weighted by molar-refractivity contribution is 0.0977. The molecule has 0 atom stereocenters. The zero-order valence-electron chi connectivity index (χ0n) is 14.5. The van der Waals surface area contributed by atoms with E-state index in [1.807, 2.05) is 13.0 Å². The summed E-state index contributed by atoms with van der Waals surface area (Å²) in [6, 6.07) is 7.04. The van der Waals surface area contributed by atoms with Crippen molar-refractivity contribution in [2.24, 2.45) is 5.92 Å². The number of hydrogen-bond donors (Lipinski definition) is 2. The van der Waals surface area contributed by atoms with Gasteiger partial charge in [-0.15, -0.1) is 10.2 Å². The molecule has 0 bridgehead atoms. The fourth-order valence-electron chi connectivity index (χ4n) is 1.89. The topological polar surface area (TPSA) is 76.1 Å². The summed E-state index contributed by atoms with van der Waals surface area (Å²) in [7, 11) is 0. The van der Waals surface area contributed by atoms with Crippen LogP contribution in [0.2, 0.25) is 0 Å². The molecule has 8 heteroatoms. The minimum absolute atomic E-state index is 0.190. The molecule has 0 saturated carbocycles. The average Bonchev–Trinajstić information content (AvgIpc) is 3.02. The van der Waals surface area contributed by atoms with Crippen molar-refractivity contribution in [1.29, 1.82) is 0 Å². The fraction of sp³-hybridized carbons (Fsp3) is 0.412. The van der Waals surface area contributed by atoms with Gasteiger partial charge in [0.2, 0.25) is 5.13 Å².